The fraction of sp³-hybridized carbons (Fsp3) is 0.190. The number of fused-ring (bicyclic) bond motifs is 2. The van der Waals surface area contributed by atoms with Crippen LogP contribution in [0.15, 0.2) is 60.9 Å². The number of carbonyl (C=O) groups is 1. The minimum absolute atomic E-state index is 0.129. The van der Waals surface area contributed by atoms with Crippen molar-refractivity contribution in [3.05, 3.63) is 60.9 Å². The van der Waals surface area contributed by atoms with Crippen LogP contribution in [-0.4, -0.2) is 14.9 Å². The molecule has 5 heteroatoms. The topological polar surface area (TPSA) is 79.0 Å². The van der Waals surface area contributed by atoms with Crippen LogP contribution >= 0.6 is 0 Å². The van der Waals surface area contributed by atoms with Crippen molar-refractivity contribution in [1.29, 1.82) is 0 Å². The molecule has 2 unspecified atom stereocenters. The lowest BCUT2D eigenvalue weighted by molar-refractivity contribution is -0.124. The van der Waals surface area contributed by atoms with E-state index in [9.17, 15) is 4.79 Å². The molecular formula is C21H22N4O. The Hall–Kier alpha value is -3.21. The van der Waals surface area contributed by atoms with Crippen LogP contribution < -0.4 is 11.5 Å². The summed E-state index contributed by atoms with van der Waals surface area (Å²) in [5.74, 6) is 0.129. The fourth-order valence-electron chi connectivity index (χ4n) is 3.63. The number of Topliss-reactive ketones (excluding diaryl/α,β-unsaturated/α-hetero) is 1. The molecule has 0 amide bonds. The number of aromatic nitrogens is 2. The summed E-state index contributed by atoms with van der Waals surface area (Å²) in [6.45, 7) is 3.86. The van der Waals surface area contributed by atoms with Crippen molar-refractivity contribution in [2.75, 3.05) is 11.5 Å². The SMILES string of the molecule is CC(C(=O)C(C)n1ccc2ccc(N)cc21)n1ccc2ccc(N)cc21. The van der Waals surface area contributed by atoms with Crippen LogP contribution in [0.4, 0.5) is 11.4 Å². The Kier molecular flexibility index (Phi) is 3.72. The molecule has 2 atom stereocenters. The number of carbonyl (C=O) groups excluding carboxylic acids is 1. The second-order valence-corrected chi connectivity index (χ2v) is 6.84. The summed E-state index contributed by atoms with van der Waals surface area (Å²) in [4.78, 5) is 13.2. The first-order chi connectivity index (χ1) is 12.5. The maximum absolute atomic E-state index is 13.2. The molecule has 0 aliphatic carbocycles. The van der Waals surface area contributed by atoms with Gasteiger partial charge in [0, 0.05) is 23.8 Å². The van der Waals surface area contributed by atoms with Crippen LogP contribution in [0.2, 0.25) is 0 Å². The summed E-state index contributed by atoms with van der Waals surface area (Å²) in [5, 5.41) is 2.15. The van der Waals surface area contributed by atoms with Crippen molar-refractivity contribution >= 4 is 39.0 Å². The van der Waals surface area contributed by atoms with Crippen LogP contribution in [0, 0.1) is 0 Å². The van der Waals surface area contributed by atoms with Gasteiger partial charge in [0.25, 0.3) is 0 Å². The normalized spacial score (nSPS) is 13.9. The van der Waals surface area contributed by atoms with E-state index in [4.69, 9.17) is 11.5 Å². The van der Waals surface area contributed by atoms with E-state index < -0.39 is 0 Å². The molecule has 0 saturated heterocycles. The zero-order valence-electron chi connectivity index (χ0n) is 14.9. The molecule has 0 aliphatic heterocycles. The van der Waals surface area contributed by atoms with Crippen molar-refractivity contribution in [3.63, 3.8) is 0 Å². The van der Waals surface area contributed by atoms with Crippen LogP contribution in [0.25, 0.3) is 21.8 Å². The predicted octanol–water partition coefficient (Wildman–Crippen LogP) is 4.15. The highest BCUT2D eigenvalue weighted by atomic mass is 16.1. The van der Waals surface area contributed by atoms with Gasteiger partial charge < -0.3 is 20.6 Å². The third-order valence-corrected chi connectivity index (χ3v) is 5.15. The highest BCUT2D eigenvalue weighted by Crippen LogP contribution is 2.28. The molecule has 2 heterocycles. The molecule has 26 heavy (non-hydrogen) atoms. The van der Waals surface area contributed by atoms with Crippen LogP contribution in [-0.2, 0) is 4.79 Å². The lowest BCUT2D eigenvalue weighted by atomic mass is 10.1. The van der Waals surface area contributed by atoms with E-state index in [2.05, 4.69) is 0 Å². The predicted molar refractivity (Wildman–Crippen MR) is 107 cm³/mol. The largest absolute Gasteiger partial charge is 0.399 e. The van der Waals surface area contributed by atoms with Gasteiger partial charge in [-0.15, -0.1) is 0 Å². The Bertz CT molecular complexity index is 1030. The Morgan fingerprint density at radius 2 is 1.19 bits per heavy atom. The molecule has 0 bridgehead atoms. The second-order valence-electron chi connectivity index (χ2n) is 6.84. The zero-order valence-corrected chi connectivity index (χ0v) is 14.9. The van der Waals surface area contributed by atoms with E-state index in [1.54, 1.807) is 0 Å². The van der Waals surface area contributed by atoms with Crippen molar-refractivity contribution in [2.24, 2.45) is 0 Å². The maximum Gasteiger partial charge on any atom is 0.177 e. The average molecular weight is 346 g/mol. The number of hydrogen-bond donors (Lipinski definition) is 2. The third kappa shape index (κ3) is 2.52. The van der Waals surface area contributed by atoms with Crippen LogP contribution in [0.5, 0.6) is 0 Å². The van der Waals surface area contributed by atoms with Gasteiger partial charge in [0.1, 0.15) is 0 Å². The van der Waals surface area contributed by atoms with Crippen molar-refractivity contribution in [2.45, 2.75) is 25.9 Å². The van der Waals surface area contributed by atoms with E-state index in [1.165, 1.54) is 0 Å². The summed E-state index contributed by atoms with van der Waals surface area (Å²) >= 11 is 0. The molecule has 4 N–H and O–H groups in total. The number of hydrogen-bond acceptors (Lipinski definition) is 3. The van der Waals surface area contributed by atoms with Gasteiger partial charge in [-0.2, -0.15) is 0 Å². The van der Waals surface area contributed by atoms with E-state index >= 15 is 0 Å². The molecule has 5 nitrogen and oxygen atoms in total. The minimum Gasteiger partial charge on any atom is -0.399 e. The Labute approximate surface area is 151 Å². The molecule has 0 spiro atoms. The summed E-state index contributed by atoms with van der Waals surface area (Å²) in [6.07, 6.45) is 3.90. The van der Waals surface area contributed by atoms with Gasteiger partial charge >= 0.3 is 0 Å². The number of ketones is 1. The number of benzene rings is 2. The van der Waals surface area contributed by atoms with Crippen LogP contribution in [0.3, 0.4) is 0 Å². The van der Waals surface area contributed by atoms with E-state index in [0.29, 0.717) is 11.4 Å². The number of nitrogens with two attached hydrogens (primary N) is 2. The summed E-state index contributed by atoms with van der Waals surface area (Å²) in [5.41, 5.74) is 15.2. The van der Waals surface area contributed by atoms with Gasteiger partial charge in [-0.1, -0.05) is 12.1 Å². The van der Waals surface area contributed by atoms with Gasteiger partial charge in [0.15, 0.2) is 5.78 Å². The summed E-state index contributed by atoms with van der Waals surface area (Å²) in [6, 6.07) is 14.9. The first-order valence-corrected chi connectivity index (χ1v) is 8.71. The monoisotopic (exact) mass is 346 g/mol. The third-order valence-electron chi connectivity index (χ3n) is 5.15. The first kappa shape index (κ1) is 16.3. The number of rotatable bonds is 4. The molecule has 4 rings (SSSR count). The average Bonchev–Trinajstić information content (AvgIpc) is 3.23. The molecule has 132 valence electrons. The molecule has 0 aliphatic rings. The smallest absolute Gasteiger partial charge is 0.177 e. The lowest BCUT2D eigenvalue weighted by Crippen LogP contribution is -2.24. The fourth-order valence-corrected chi connectivity index (χ4v) is 3.63. The summed E-state index contributed by atoms with van der Waals surface area (Å²) < 4.78 is 3.98. The van der Waals surface area contributed by atoms with Gasteiger partial charge in [-0.05, 0) is 61.0 Å². The van der Waals surface area contributed by atoms with Crippen molar-refractivity contribution < 1.29 is 4.79 Å². The Morgan fingerprint density at radius 3 is 1.62 bits per heavy atom. The number of nitrogen functional groups attached to an aromatic ring is 2. The Morgan fingerprint density at radius 1 is 0.769 bits per heavy atom. The van der Waals surface area contributed by atoms with E-state index in [1.807, 2.05) is 83.9 Å². The Balaban J connectivity index is 1.71. The number of nitrogens with zero attached hydrogens (tertiary/aromatic N) is 2. The van der Waals surface area contributed by atoms with Crippen LogP contribution in [0.1, 0.15) is 25.9 Å². The highest BCUT2D eigenvalue weighted by Gasteiger charge is 2.24. The zero-order chi connectivity index (χ0) is 18.4. The lowest BCUT2D eigenvalue weighted by Gasteiger charge is -2.21. The van der Waals surface area contributed by atoms with E-state index in [0.717, 1.165) is 21.8 Å². The quantitative estimate of drug-likeness (QED) is 0.545. The number of anilines is 2. The van der Waals surface area contributed by atoms with E-state index in [-0.39, 0.29) is 17.9 Å². The minimum atomic E-state index is -0.303. The maximum atomic E-state index is 13.2. The molecular weight excluding hydrogens is 324 g/mol. The molecule has 2 aromatic heterocycles. The molecule has 0 fully saturated rings. The molecule has 4 aromatic rings. The molecule has 0 saturated carbocycles. The highest BCUT2D eigenvalue weighted by molar-refractivity contribution is 5.92. The van der Waals surface area contributed by atoms with Gasteiger partial charge in [0.05, 0.1) is 23.1 Å². The van der Waals surface area contributed by atoms with Crippen molar-refractivity contribution in [3.8, 4) is 0 Å². The molecule has 0 radical (unpaired) electrons. The van der Waals surface area contributed by atoms with Crippen molar-refractivity contribution in [1.82, 2.24) is 9.13 Å². The summed E-state index contributed by atoms with van der Waals surface area (Å²) in [7, 11) is 0. The molecule has 2 aromatic carbocycles. The van der Waals surface area contributed by atoms with Gasteiger partial charge in [-0.3, -0.25) is 4.79 Å². The first-order valence-electron chi connectivity index (χ1n) is 8.71. The standard InChI is InChI=1S/C21H22N4O/c1-13(24-9-7-15-3-5-17(22)11-19(15)24)21(26)14(2)25-10-8-16-4-6-18(23)12-20(16)25/h3-14H,22-23H2,1-2H3. The second kappa shape index (κ2) is 5.95. The van der Waals surface area contributed by atoms with Gasteiger partial charge in [0.2, 0.25) is 0 Å². The van der Waals surface area contributed by atoms with Gasteiger partial charge in [-0.25, -0.2) is 0 Å².